The number of hydrogen-bond donors (Lipinski definition) is 0. The van der Waals surface area contributed by atoms with Crippen molar-refractivity contribution in [3.05, 3.63) is 54.4 Å². The van der Waals surface area contributed by atoms with Crippen molar-refractivity contribution in [2.24, 2.45) is 0 Å². The van der Waals surface area contributed by atoms with Gasteiger partial charge < -0.3 is 9.64 Å². The summed E-state index contributed by atoms with van der Waals surface area (Å²) in [5, 5.41) is 0.765. The molecule has 2 heterocycles. The molecule has 140 valence electrons. The molecule has 1 saturated heterocycles. The molecule has 1 unspecified atom stereocenters. The van der Waals surface area contributed by atoms with Gasteiger partial charge >= 0.3 is 0 Å². The Labute approximate surface area is 158 Å². The average Bonchev–Trinajstić information content (AvgIpc) is 3.16. The third-order valence-corrected chi connectivity index (χ3v) is 6.15. The second-order valence-electron chi connectivity index (χ2n) is 6.77. The minimum Gasteiger partial charge on any atom is -0.497 e. The van der Waals surface area contributed by atoms with E-state index in [0.717, 1.165) is 41.9 Å². The van der Waals surface area contributed by atoms with E-state index in [2.05, 4.69) is 27.0 Å². The lowest BCUT2D eigenvalue weighted by Gasteiger charge is -2.27. The zero-order valence-electron chi connectivity index (χ0n) is 15.3. The lowest BCUT2D eigenvalue weighted by atomic mass is 10.0. The van der Waals surface area contributed by atoms with E-state index in [-0.39, 0.29) is 10.9 Å². The van der Waals surface area contributed by atoms with Crippen LogP contribution in [0.3, 0.4) is 0 Å². The Morgan fingerprint density at radius 2 is 1.89 bits per heavy atom. The number of hydrogen-bond acceptors (Lipinski definition) is 6. The summed E-state index contributed by atoms with van der Waals surface area (Å²) in [4.78, 5) is 11.4. The highest BCUT2D eigenvalue weighted by Crippen LogP contribution is 2.38. The third-order valence-electron chi connectivity index (χ3n) is 5.04. The Morgan fingerprint density at radius 3 is 2.59 bits per heavy atom. The molecule has 7 heteroatoms. The molecule has 1 aromatic heterocycles. The predicted octanol–water partition coefficient (Wildman–Crippen LogP) is 3.38. The highest BCUT2D eigenvalue weighted by molar-refractivity contribution is 7.90. The summed E-state index contributed by atoms with van der Waals surface area (Å²) in [5.74, 6) is 1.61. The number of fused-ring (bicyclic) bond motifs is 1. The average molecular weight is 383 g/mol. The van der Waals surface area contributed by atoms with Crippen LogP contribution in [0.5, 0.6) is 5.75 Å². The summed E-state index contributed by atoms with van der Waals surface area (Å²) in [6, 6.07) is 13.3. The topological polar surface area (TPSA) is 72.4 Å². The summed E-state index contributed by atoms with van der Waals surface area (Å²) in [6.45, 7) is 0.867. The minimum atomic E-state index is -3.30. The van der Waals surface area contributed by atoms with Crippen LogP contribution in [0, 0.1) is 0 Å². The number of rotatable bonds is 4. The molecule has 2 aromatic carbocycles. The van der Waals surface area contributed by atoms with Gasteiger partial charge in [0.1, 0.15) is 17.9 Å². The van der Waals surface area contributed by atoms with Gasteiger partial charge in [0.2, 0.25) is 0 Å². The van der Waals surface area contributed by atoms with Gasteiger partial charge in [0, 0.05) is 18.2 Å². The van der Waals surface area contributed by atoms with Gasteiger partial charge in [-0.25, -0.2) is 18.4 Å². The Kier molecular flexibility index (Phi) is 4.47. The van der Waals surface area contributed by atoms with Crippen LogP contribution in [-0.2, 0) is 9.84 Å². The van der Waals surface area contributed by atoms with Crippen LogP contribution in [0.4, 0.5) is 5.82 Å². The van der Waals surface area contributed by atoms with E-state index in [4.69, 9.17) is 4.74 Å². The molecule has 0 spiro atoms. The van der Waals surface area contributed by atoms with Gasteiger partial charge in [0.15, 0.2) is 9.84 Å². The Hall–Kier alpha value is -2.67. The molecule has 0 amide bonds. The summed E-state index contributed by atoms with van der Waals surface area (Å²) in [6.07, 6.45) is 4.83. The summed E-state index contributed by atoms with van der Waals surface area (Å²) >= 11 is 0. The van der Waals surface area contributed by atoms with E-state index in [1.54, 1.807) is 31.6 Å². The van der Waals surface area contributed by atoms with Gasteiger partial charge in [-0.3, -0.25) is 0 Å². The van der Waals surface area contributed by atoms with Gasteiger partial charge in [-0.15, -0.1) is 0 Å². The van der Waals surface area contributed by atoms with Crippen molar-refractivity contribution in [1.29, 1.82) is 0 Å². The van der Waals surface area contributed by atoms with Crippen LogP contribution >= 0.6 is 0 Å². The van der Waals surface area contributed by atoms with Crippen molar-refractivity contribution in [2.45, 2.75) is 23.8 Å². The molecular weight excluding hydrogens is 362 g/mol. The number of methoxy groups -OCH3 is 1. The molecule has 3 aromatic rings. The highest BCUT2D eigenvalue weighted by Gasteiger charge is 2.28. The summed E-state index contributed by atoms with van der Waals surface area (Å²) < 4.78 is 29.2. The van der Waals surface area contributed by atoms with Gasteiger partial charge in [-0.05, 0) is 48.7 Å². The highest BCUT2D eigenvalue weighted by atomic mass is 32.2. The van der Waals surface area contributed by atoms with E-state index >= 15 is 0 Å². The molecule has 1 fully saturated rings. The van der Waals surface area contributed by atoms with Crippen LogP contribution < -0.4 is 9.64 Å². The SMILES string of the molecule is COc1ccc(C2CCCN2c2ncnc3ccc(S(C)(=O)=O)cc23)cc1. The van der Waals surface area contributed by atoms with Crippen LogP contribution in [0.2, 0.25) is 0 Å². The second-order valence-corrected chi connectivity index (χ2v) is 8.79. The van der Waals surface area contributed by atoms with Crippen LogP contribution in [-0.4, -0.2) is 38.3 Å². The molecule has 1 aliphatic heterocycles. The monoisotopic (exact) mass is 383 g/mol. The minimum absolute atomic E-state index is 0.191. The fraction of sp³-hybridized carbons (Fsp3) is 0.300. The number of anilines is 1. The van der Waals surface area contributed by atoms with Crippen molar-refractivity contribution < 1.29 is 13.2 Å². The molecule has 1 aliphatic rings. The number of aromatic nitrogens is 2. The molecule has 0 radical (unpaired) electrons. The van der Waals surface area contributed by atoms with E-state index in [1.807, 2.05) is 12.1 Å². The smallest absolute Gasteiger partial charge is 0.175 e. The predicted molar refractivity (Wildman–Crippen MR) is 105 cm³/mol. The maximum Gasteiger partial charge on any atom is 0.175 e. The van der Waals surface area contributed by atoms with Gasteiger partial charge in [-0.2, -0.15) is 0 Å². The summed E-state index contributed by atoms with van der Waals surface area (Å²) in [7, 11) is -1.64. The zero-order chi connectivity index (χ0) is 19.0. The lowest BCUT2D eigenvalue weighted by Crippen LogP contribution is -2.24. The fourth-order valence-corrected chi connectivity index (χ4v) is 4.32. The normalized spacial score (nSPS) is 17.4. The van der Waals surface area contributed by atoms with Gasteiger partial charge in [0.25, 0.3) is 0 Å². The van der Waals surface area contributed by atoms with E-state index in [0.29, 0.717) is 0 Å². The standard InChI is InChI=1S/C20H21N3O3S/c1-26-15-7-5-14(6-8-15)19-4-3-11-23(19)20-17-12-16(27(2,24)25)9-10-18(17)21-13-22-20/h5-10,12-13,19H,3-4,11H2,1-2H3. The summed E-state index contributed by atoms with van der Waals surface area (Å²) in [5.41, 5.74) is 1.94. The maximum absolute atomic E-state index is 12.0. The van der Waals surface area contributed by atoms with Gasteiger partial charge in [0.05, 0.1) is 23.6 Å². The van der Waals surface area contributed by atoms with Crippen molar-refractivity contribution in [3.63, 3.8) is 0 Å². The quantitative estimate of drug-likeness (QED) is 0.688. The number of nitrogens with zero attached hydrogens (tertiary/aromatic N) is 3. The zero-order valence-corrected chi connectivity index (χ0v) is 16.1. The first kappa shape index (κ1) is 17.7. The second kappa shape index (κ2) is 6.81. The number of sulfone groups is 1. The molecule has 0 saturated carbocycles. The van der Waals surface area contributed by atoms with Crippen molar-refractivity contribution in [2.75, 3.05) is 24.8 Å². The van der Waals surface area contributed by atoms with E-state index in [1.165, 1.54) is 11.8 Å². The largest absolute Gasteiger partial charge is 0.497 e. The van der Waals surface area contributed by atoms with Crippen LogP contribution in [0.25, 0.3) is 10.9 Å². The first-order chi connectivity index (χ1) is 13.0. The number of benzene rings is 2. The van der Waals surface area contributed by atoms with Gasteiger partial charge in [-0.1, -0.05) is 12.1 Å². The third kappa shape index (κ3) is 3.35. The van der Waals surface area contributed by atoms with E-state index < -0.39 is 9.84 Å². The molecule has 27 heavy (non-hydrogen) atoms. The molecule has 0 bridgehead atoms. The molecule has 6 nitrogen and oxygen atoms in total. The molecule has 0 aliphatic carbocycles. The first-order valence-corrected chi connectivity index (χ1v) is 10.7. The maximum atomic E-state index is 12.0. The van der Waals surface area contributed by atoms with Crippen molar-refractivity contribution in [1.82, 2.24) is 9.97 Å². The molecule has 4 rings (SSSR count). The Morgan fingerprint density at radius 1 is 1.11 bits per heavy atom. The Balaban J connectivity index is 1.80. The molecular formula is C20H21N3O3S. The number of ether oxygens (including phenoxy) is 1. The lowest BCUT2D eigenvalue weighted by molar-refractivity contribution is 0.414. The van der Waals surface area contributed by atoms with Crippen LogP contribution in [0.1, 0.15) is 24.4 Å². The van der Waals surface area contributed by atoms with Crippen molar-refractivity contribution >= 4 is 26.6 Å². The van der Waals surface area contributed by atoms with E-state index in [9.17, 15) is 8.42 Å². The molecule has 0 N–H and O–H groups in total. The van der Waals surface area contributed by atoms with Crippen LogP contribution in [0.15, 0.2) is 53.7 Å². The first-order valence-electron chi connectivity index (χ1n) is 8.83. The fourth-order valence-electron chi connectivity index (χ4n) is 3.67. The Bertz CT molecular complexity index is 1080. The van der Waals surface area contributed by atoms with Crippen molar-refractivity contribution in [3.8, 4) is 5.75 Å². The molecule has 1 atom stereocenters.